The predicted octanol–water partition coefficient (Wildman–Crippen LogP) is 3.59. The number of carboxylic acids is 1. The molecule has 0 spiro atoms. The van der Waals surface area contributed by atoms with Gasteiger partial charge in [-0.3, -0.25) is 0 Å². The molecule has 1 atom stereocenters. The lowest BCUT2D eigenvalue weighted by Crippen LogP contribution is -2.05. The van der Waals surface area contributed by atoms with Gasteiger partial charge in [-0.15, -0.1) is 0 Å². The largest absolute Gasteiger partial charge is 0.478 e. The fourth-order valence-electron chi connectivity index (χ4n) is 1.48. The summed E-state index contributed by atoms with van der Waals surface area (Å²) in [7, 11) is 0. The summed E-state index contributed by atoms with van der Waals surface area (Å²) in [6.07, 6.45) is 3.38. The fourth-order valence-corrected chi connectivity index (χ4v) is 1.48. The van der Waals surface area contributed by atoms with Crippen molar-refractivity contribution in [1.82, 2.24) is 0 Å². The van der Waals surface area contributed by atoms with Crippen molar-refractivity contribution in [2.24, 2.45) is 5.92 Å². The van der Waals surface area contributed by atoms with E-state index in [0.29, 0.717) is 17.9 Å². The van der Waals surface area contributed by atoms with Crippen molar-refractivity contribution in [3.63, 3.8) is 0 Å². The molecule has 0 radical (unpaired) electrons. The summed E-state index contributed by atoms with van der Waals surface area (Å²) >= 11 is 0. The molecule has 1 aromatic rings. The van der Waals surface area contributed by atoms with Crippen molar-refractivity contribution in [2.45, 2.75) is 26.7 Å². The third kappa shape index (κ3) is 3.89. The second kappa shape index (κ2) is 6.11. The summed E-state index contributed by atoms with van der Waals surface area (Å²) < 4.78 is 0. The SMILES string of the molecule is CCC(C)CC(=Cc1ccccc1)C(=O)O. The lowest BCUT2D eigenvalue weighted by Gasteiger charge is -2.08. The molecule has 1 aromatic carbocycles. The molecule has 0 aliphatic heterocycles. The van der Waals surface area contributed by atoms with Gasteiger partial charge in [0.2, 0.25) is 0 Å². The summed E-state index contributed by atoms with van der Waals surface area (Å²) in [4.78, 5) is 11.1. The number of benzene rings is 1. The average molecular weight is 218 g/mol. The van der Waals surface area contributed by atoms with E-state index in [4.69, 9.17) is 5.11 Å². The standard InChI is InChI=1S/C14H18O2/c1-3-11(2)9-13(14(15)16)10-12-7-5-4-6-8-12/h4-8,10-11H,3,9H2,1-2H3,(H,15,16). The summed E-state index contributed by atoms with van der Waals surface area (Å²) in [6, 6.07) is 9.58. The van der Waals surface area contributed by atoms with E-state index in [2.05, 4.69) is 13.8 Å². The van der Waals surface area contributed by atoms with Crippen LogP contribution in [-0.4, -0.2) is 11.1 Å². The van der Waals surface area contributed by atoms with Crippen molar-refractivity contribution in [3.05, 3.63) is 41.5 Å². The third-order valence-corrected chi connectivity index (χ3v) is 2.68. The molecule has 2 heteroatoms. The van der Waals surface area contributed by atoms with Gasteiger partial charge < -0.3 is 5.11 Å². The van der Waals surface area contributed by atoms with Crippen molar-refractivity contribution >= 4 is 12.0 Å². The van der Waals surface area contributed by atoms with Crippen LogP contribution in [0.2, 0.25) is 0 Å². The molecule has 16 heavy (non-hydrogen) atoms. The smallest absolute Gasteiger partial charge is 0.331 e. The Labute approximate surface area is 96.6 Å². The van der Waals surface area contributed by atoms with Crippen molar-refractivity contribution < 1.29 is 9.90 Å². The Morgan fingerprint density at radius 3 is 2.50 bits per heavy atom. The van der Waals surface area contributed by atoms with Crippen LogP contribution in [0.15, 0.2) is 35.9 Å². The zero-order valence-corrected chi connectivity index (χ0v) is 9.81. The highest BCUT2D eigenvalue weighted by molar-refractivity contribution is 5.92. The molecule has 0 bridgehead atoms. The number of carboxylic acid groups (broad SMARTS) is 1. The Morgan fingerprint density at radius 2 is 2.00 bits per heavy atom. The van der Waals surface area contributed by atoms with Gasteiger partial charge in [-0.25, -0.2) is 4.79 Å². The fraction of sp³-hybridized carbons (Fsp3) is 0.357. The molecule has 0 aliphatic rings. The molecule has 86 valence electrons. The molecule has 1 N–H and O–H groups in total. The molecule has 0 aliphatic carbocycles. The molecule has 1 unspecified atom stereocenters. The number of rotatable bonds is 5. The molecule has 0 heterocycles. The summed E-state index contributed by atoms with van der Waals surface area (Å²) in [5.74, 6) is -0.407. The van der Waals surface area contributed by atoms with Crippen molar-refractivity contribution in [2.75, 3.05) is 0 Å². The van der Waals surface area contributed by atoms with Crippen LogP contribution in [0.5, 0.6) is 0 Å². The van der Waals surface area contributed by atoms with Gasteiger partial charge in [-0.2, -0.15) is 0 Å². The Kier molecular flexibility index (Phi) is 4.77. The van der Waals surface area contributed by atoms with Crippen LogP contribution in [0, 0.1) is 5.92 Å². The van der Waals surface area contributed by atoms with Crippen molar-refractivity contribution in [1.29, 1.82) is 0 Å². The second-order valence-corrected chi connectivity index (χ2v) is 4.10. The lowest BCUT2D eigenvalue weighted by atomic mass is 9.97. The van der Waals surface area contributed by atoms with E-state index in [1.54, 1.807) is 6.08 Å². The van der Waals surface area contributed by atoms with Gasteiger partial charge in [0.15, 0.2) is 0 Å². The zero-order chi connectivity index (χ0) is 12.0. The molecular weight excluding hydrogens is 200 g/mol. The minimum Gasteiger partial charge on any atom is -0.478 e. The highest BCUT2D eigenvalue weighted by Crippen LogP contribution is 2.17. The van der Waals surface area contributed by atoms with E-state index in [0.717, 1.165) is 12.0 Å². The van der Waals surface area contributed by atoms with E-state index >= 15 is 0 Å². The van der Waals surface area contributed by atoms with Crippen LogP contribution in [0.1, 0.15) is 32.3 Å². The van der Waals surface area contributed by atoms with Gasteiger partial charge in [0, 0.05) is 5.57 Å². The first-order chi connectivity index (χ1) is 7.63. The Hall–Kier alpha value is -1.57. The molecular formula is C14H18O2. The molecule has 0 amide bonds. The van der Waals surface area contributed by atoms with Gasteiger partial charge in [-0.05, 0) is 24.0 Å². The molecule has 0 saturated carbocycles. The van der Waals surface area contributed by atoms with E-state index in [1.807, 2.05) is 30.3 Å². The highest BCUT2D eigenvalue weighted by Gasteiger charge is 2.10. The first-order valence-electron chi connectivity index (χ1n) is 5.62. The van der Waals surface area contributed by atoms with Crippen LogP contribution in [-0.2, 0) is 4.79 Å². The molecule has 0 saturated heterocycles. The van der Waals surface area contributed by atoms with Crippen LogP contribution in [0.3, 0.4) is 0 Å². The topological polar surface area (TPSA) is 37.3 Å². The van der Waals surface area contributed by atoms with Crippen LogP contribution < -0.4 is 0 Å². The molecule has 0 aromatic heterocycles. The van der Waals surface area contributed by atoms with Crippen LogP contribution in [0.4, 0.5) is 0 Å². The van der Waals surface area contributed by atoms with Gasteiger partial charge in [0.25, 0.3) is 0 Å². The Balaban J connectivity index is 2.86. The van der Waals surface area contributed by atoms with Gasteiger partial charge in [-0.1, -0.05) is 50.6 Å². The average Bonchev–Trinajstić information content (AvgIpc) is 2.29. The monoisotopic (exact) mass is 218 g/mol. The third-order valence-electron chi connectivity index (χ3n) is 2.68. The lowest BCUT2D eigenvalue weighted by molar-refractivity contribution is -0.132. The molecule has 0 fully saturated rings. The van der Waals surface area contributed by atoms with E-state index in [9.17, 15) is 4.79 Å². The van der Waals surface area contributed by atoms with Crippen LogP contribution >= 0.6 is 0 Å². The molecule has 2 nitrogen and oxygen atoms in total. The van der Waals surface area contributed by atoms with Crippen molar-refractivity contribution in [3.8, 4) is 0 Å². The van der Waals surface area contributed by atoms with E-state index < -0.39 is 5.97 Å². The maximum atomic E-state index is 11.1. The first-order valence-corrected chi connectivity index (χ1v) is 5.62. The van der Waals surface area contributed by atoms with E-state index in [-0.39, 0.29) is 0 Å². The summed E-state index contributed by atoms with van der Waals surface area (Å²) in [6.45, 7) is 4.15. The first kappa shape index (κ1) is 12.5. The second-order valence-electron chi connectivity index (χ2n) is 4.10. The normalized spacial score (nSPS) is 13.5. The minimum absolute atomic E-state index is 0.408. The van der Waals surface area contributed by atoms with Crippen LogP contribution in [0.25, 0.3) is 6.08 Å². The number of hydrogen-bond acceptors (Lipinski definition) is 1. The highest BCUT2D eigenvalue weighted by atomic mass is 16.4. The van der Waals surface area contributed by atoms with Gasteiger partial charge in [0.1, 0.15) is 0 Å². The van der Waals surface area contributed by atoms with Gasteiger partial charge >= 0.3 is 5.97 Å². The maximum absolute atomic E-state index is 11.1. The summed E-state index contributed by atoms with van der Waals surface area (Å²) in [5.41, 5.74) is 1.43. The number of carbonyl (C=O) groups is 1. The zero-order valence-electron chi connectivity index (χ0n) is 9.81. The minimum atomic E-state index is -0.816. The van der Waals surface area contributed by atoms with Gasteiger partial charge in [0.05, 0.1) is 0 Å². The van der Waals surface area contributed by atoms with E-state index in [1.165, 1.54) is 0 Å². The predicted molar refractivity (Wildman–Crippen MR) is 66.1 cm³/mol. The maximum Gasteiger partial charge on any atom is 0.331 e. The quantitative estimate of drug-likeness (QED) is 0.767. The Morgan fingerprint density at radius 1 is 1.38 bits per heavy atom. The number of hydrogen-bond donors (Lipinski definition) is 1. The summed E-state index contributed by atoms with van der Waals surface area (Å²) in [5, 5.41) is 9.11. The Bertz CT molecular complexity index is 366. The molecule has 1 rings (SSSR count). The number of aliphatic carboxylic acids is 1.